The van der Waals surface area contributed by atoms with E-state index >= 15 is 0 Å². The lowest BCUT2D eigenvalue weighted by Gasteiger charge is -2.42. The Bertz CT molecular complexity index is 464. The van der Waals surface area contributed by atoms with E-state index in [9.17, 15) is 9.18 Å². The summed E-state index contributed by atoms with van der Waals surface area (Å²) in [6.07, 6.45) is 3.80. The molecule has 0 radical (unpaired) electrons. The fourth-order valence-corrected chi connectivity index (χ4v) is 3.68. The SMILES string of the molecule is C[C@H]1CCCC(C)(C)[C@@H]1C(=O)Cc1cccc(F)c1. The van der Waals surface area contributed by atoms with Crippen molar-refractivity contribution in [1.29, 1.82) is 0 Å². The van der Waals surface area contributed by atoms with Crippen LogP contribution in [0.15, 0.2) is 24.3 Å². The molecule has 0 bridgehead atoms. The van der Waals surface area contributed by atoms with Crippen molar-refractivity contribution in [3.63, 3.8) is 0 Å². The maximum absolute atomic E-state index is 13.2. The quantitative estimate of drug-likeness (QED) is 0.789. The van der Waals surface area contributed by atoms with Crippen LogP contribution in [0.4, 0.5) is 4.39 Å². The van der Waals surface area contributed by atoms with Gasteiger partial charge in [0, 0.05) is 12.3 Å². The normalized spacial score (nSPS) is 26.1. The van der Waals surface area contributed by atoms with Crippen LogP contribution in [-0.4, -0.2) is 5.78 Å². The third kappa shape index (κ3) is 3.23. The summed E-state index contributed by atoms with van der Waals surface area (Å²) < 4.78 is 13.2. The third-order valence-electron chi connectivity index (χ3n) is 4.51. The number of carbonyl (C=O) groups excluding carboxylic acids is 1. The largest absolute Gasteiger partial charge is 0.299 e. The lowest BCUT2D eigenvalue weighted by atomic mass is 9.62. The van der Waals surface area contributed by atoms with E-state index in [2.05, 4.69) is 20.8 Å². The Balaban J connectivity index is 2.14. The monoisotopic (exact) mass is 262 g/mol. The Hall–Kier alpha value is -1.18. The Kier molecular flexibility index (Phi) is 4.07. The second-order valence-corrected chi connectivity index (χ2v) is 6.61. The van der Waals surface area contributed by atoms with E-state index in [-0.39, 0.29) is 22.9 Å². The summed E-state index contributed by atoms with van der Waals surface area (Å²) in [7, 11) is 0. The molecule has 1 aliphatic rings. The minimum atomic E-state index is -0.263. The number of carbonyl (C=O) groups is 1. The van der Waals surface area contributed by atoms with Crippen molar-refractivity contribution in [2.24, 2.45) is 17.3 Å². The number of halogens is 1. The molecule has 0 heterocycles. The lowest BCUT2D eigenvalue weighted by molar-refractivity contribution is -0.129. The number of benzene rings is 1. The molecule has 0 N–H and O–H groups in total. The molecular formula is C17H23FO. The zero-order valence-corrected chi connectivity index (χ0v) is 12.1. The molecule has 1 fully saturated rings. The number of ketones is 1. The first-order valence-corrected chi connectivity index (χ1v) is 7.17. The Morgan fingerprint density at radius 3 is 2.79 bits per heavy atom. The van der Waals surface area contributed by atoms with Crippen molar-refractivity contribution in [3.8, 4) is 0 Å². The fourth-order valence-electron chi connectivity index (χ4n) is 3.68. The molecule has 2 atom stereocenters. The van der Waals surface area contributed by atoms with Gasteiger partial charge in [0.05, 0.1) is 0 Å². The molecule has 1 aliphatic carbocycles. The van der Waals surface area contributed by atoms with E-state index in [4.69, 9.17) is 0 Å². The Morgan fingerprint density at radius 2 is 2.16 bits per heavy atom. The number of hydrogen-bond acceptors (Lipinski definition) is 1. The molecule has 104 valence electrons. The van der Waals surface area contributed by atoms with Gasteiger partial charge in [0.2, 0.25) is 0 Å². The molecule has 0 aromatic heterocycles. The van der Waals surface area contributed by atoms with Gasteiger partial charge in [-0.15, -0.1) is 0 Å². The predicted octanol–water partition coefficient (Wildman–Crippen LogP) is 4.40. The molecule has 2 heteroatoms. The van der Waals surface area contributed by atoms with Crippen LogP contribution in [-0.2, 0) is 11.2 Å². The summed E-state index contributed by atoms with van der Waals surface area (Å²) in [5, 5.41) is 0. The van der Waals surface area contributed by atoms with Gasteiger partial charge >= 0.3 is 0 Å². The van der Waals surface area contributed by atoms with Gasteiger partial charge in [0.15, 0.2) is 0 Å². The molecule has 19 heavy (non-hydrogen) atoms. The van der Waals surface area contributed by atoms with E-state index in [1.165, 1.54) is 18.6 Å². The molecule has 2 rings (SSSR count). The average molecular weight is 262 g/mol. The van der Waals surface area contributed by atoms with E-state index in [1.807, 2.05) is 6.07 Å². The zero-order chi connectivity index (χ0) is 14.0. The summed E-state index contributed by atoms with van der Waals surface area (Å²) in [6, 6.07) is 6.40. The van der Waals surface area contributed by atoms with Crippen LogP contribution in [0.25, 0.3) is 0 Å². The minimum absolute atomic E-state index is 0.0715. The third-order valence-corrected chi connectivity index (χ3v) is 4.51. The zero-order valence-electron chi connectivity index (χ0n) is 12.1. The number of Topliss-reactive ketones (excluding diaryl/α,β-unsaturated/α-hetero) is 1. The van der Waals surface area contributed by atoms with Crippen molar-refractivity contribution < 1.29 is 9.18 Å². The van der Waals surface area contributed by atoms with E-state index in [0.717, 1.165) is 18.4 Å². The van der Waals surface area contributed by atoms with Crippen LogP contribution < -0.4 is 0 Å². The summed E-state index contributed by atoms with van der Waals surface area (Å²) in [5.74, 6) is 0.540. The van der Waals surface area contributed by atoms with Crippen molar-refractivity contribution in [2.75, 3.05) is 0 Å². The molecule has 1 aromatic rings. The summed E-state index contributed by atoms with van der Waals surface area (Å²) in [4.78, 5) is 12.6. The van der Waals surface area contributed by atoms with E-state index in [1.54, 1.807) is 6.07 Å². The highest BCUT2D eigenvalue weighted by atomic mass is 19.1. The van der Waals surface area contributed by atoms with Gasteiger partial charge in [0.1, 0.15) is 11.6 Å². The first kappa shape index (κ1) is 14.2. The lowest BCUT2D eigenvalue weighted by Crippen LogP contribution is -2.40. The van der Waals surface area contributed by atoms with Gasteiger partial charge in [-0.2, -0.15) is 0 Å². The molecule has 1 nitrogen and oxygen atoms in total. The van der Waals surface area contributed by atoms with Crippen LogP contribution in [0.2, 0.25) is 0 Å². The fraction of sp³-hybridized carbons (Fsp3) is 0.588. The van der Waals surface area contributed by atoms with Crippen molar-refractivity contribution in [1.82, 2.24) is 0 Å². The first-order valence-electron chi connectivity index (χ1n) is 7.17. The highest BCUT2D eigenvalue weighted by Gasteiger charge is 2.40. The minimum Gasteiger partial charge on any atom is -0.299 e. The van der Waals surface area contributed by atoms with Gasteiger partial charge in [-0.3, -0.25) is 4.79 Å². The molecule has 0 amide bonds. The van der Waals surface area contributed by atoms with Crippen LogP contribution in [0.1, 0.15) is 45.6 Å². The molecule has 1 saturated carbocycles. The van der Waals surface area contributed by atoms with Crippen molar-refractivity contribution in [3.05, 3.63) is 35.6 Å². The van der Waals surface area contributed by atoms with E-state index in [0.29, 0.717) is 12.3 Å². The van der Waals surface area contributed by atoms with Gasteiger partial charge in [-0.25, -0.2) is 4.39 Å². The summed E-state index contributed by atoms with van der Waals surface area (Å²) in [5.41, 5.74) is 0.862. The molecule has 0 unspecified atom stereocenters. The number of hydrogen-bond donors (Lipinski definition) is 0. The predicted molar refractivity (Wildman–Crippen MR) is 75.4 cm³/mol. The Morgan fingerprint density at radius 1 is 1.42 bits per heavy atom. The van der Waals surface area contributed by atoms with Crippen LogP contribution in [0.3, 0.4) is 0 Å². The van der Waals surface area contributed by atoms with E-state index < -0.39 is 0 Å². The maximum Gasteiger partial charge on any atom is 0.141 e. The maximum atomic E-state index is 13.2. The van der Waals surface area contributed by atoms with Crippen LogP contribution in [0.5, 0.6) is 0 Å². The highest BCUT2D eigenvalue weighted by Crippen LogP contribution is 2.44. The highest BCUT2D eigenvalue weighted by molar-refractivity contribution is 5.84. The van der Waals surface area contributed by atoms with Gasteiger partial charge in [-0.1, -0.05) is 39.3 Å². The molecular weight excluding hydrogens is 239 g/mol. The first-order chi connectivity index (χ1) is 8.90. The Labute approximate surface area is 115 Å². The average Bonchev–Trinajstić information content (AvgIpc) is 2.27. The van der Waals surface area contributed by atoms with Gasteiger partial charge < -0.3 is 0 Å². The smallest absolute Gasteiger partial charge is 0.141 e. The number of rotatable bonds is 3. The standard InChI is InChI=1S/C17H23FO/c1-12-6-5-9-17(2,3)16(12)15(19)11-13-7-4-8-14(18)10-13/h4,7-8,10,12,16H,5-6,9,11H2,1-3H3/t12-,16-/m0/s1. The molecule has 0 spiro atoms. The second kappa shape index (κ2) is 5.44. The molecule has 0 aliphatic heterocycles. The molecule has 0 saturated heterocycles. The molecule has 1 aromatic carbocycles. The van der Waals surface area contributed by atoms with Crippen LogP contribution >= 0.6 is 0 Å². The van der Waals surface area contributed by atoms with Gasteiger partial charge in [0.25, 0.3) is 0 Å². The van der Waals surface area contributed by atoms with Crippen molar-refractivity contribution in [2.45, 2.75) is 46.5 Å². The summed E-state index contributed by atoms with van der Waals surface area (Å²) in [6.45, 7) is 6.56. The van der Waals surface area contributed by atoms with Crippen LogP contribution in [0, 0.1) is 23.1 Å². The second-order valence-electron chi connectivity index (χ2n) is 6.61. The summed E-state index contributed by atoms with van der Waals surface area (Å²) >= 11 is 0. The van der Waals surface area contributed by atoms with Crippen molar-refractivity contribution >= 4 is 5.78 Å². The topological polar surface area (TPSA) is 17.1 Å². The van der Waals surface area contributed by atoms with Gasteiger partial charge in [-0.05, 0) is 41.9 Å².